The van der Waals surface area contributed by atoms with Gasteiger partial charge in [-0.15, -0.1) is 0 Å². The second-order valence-electron chi connectivity index (χ2n) is 3.84. The Morgan fingerprint density at radius 2 is 0.833 bits per heavy atom. The summed E-state index contributed by atoms with van der Waals surface area (Å²) in [7, 11) is 0. The quantitative estimate of drug-likeness (QED) is 0.624. The van der Waals surface area contributed by atoms with Crippen molar-refractivity contribution in [3.63, 3.8) is 0 Å². The van der Waals surface area contributed by atoms with Crippen LogP contribution in [0.25, 0.3) is 0 Å². The molecule has 0 N–H and O–H groups in total. The average Bonchev–Trinajstić information content (AvgIpc) is 2.27. The molecule has 2 rings (SSSR count). The molecule has 0 aromatic heterocycles. The minimum absolute atomic E-state index is 0.284. The van der Waals surface area contributed by atoms with Gasteiger partial charge in [-0.05, 0) is 0 Å². The Hall–Kier alpha value is -1.34. The van der Waals surface area contributed by atoms with Crippen LogP contribution in [0, 0.1) is 0 Å². The summed E-state index contributed by atoms with van der Waals surface area (Å²) in [5.74, 6) is -23.1. The van der Waals surface area contributed by atoms with E-state index in [1.54, 1.807) is 0 Å². The van der Waals surface area contributed by atoms with E-state index >= 15 is 0 Å². The van der Waals surface area contributed by atoms with Gasteiger partial charge < -0.3 is 0 Å². The van der Waals surface area contributed by atoms with Gasteiger partial charge in [0, 0.05) is 11.1 Å². The highest BCUT2D eigenvalue weighted by molar-refractivity contribution is 5.42. The van der Waals surface area contributed by atoms with Crippen LogP contribution in [0.15, 0.2) is 24.3 Å². The van der Waals surface area contributed by atoms with Crippen molar-refractivity contribution in [3.05, 3.63) is 35.4 Å². The minimum atomic E-state index is -6.17. The molecule has 0 radical (unpaired) electrons. The molecule has 0 atom stereocenters. The molecule has 0 amide bonds. The molecular formula is C10H4F8. The summed E-state index contributed by atoms with van der Waals surface area (Å²) in [6, 6.07) is 2.16. The van der Waals surface area contributed by atoms with Crippen molar-refractivity contribution in [1.29, 1.82) is 0 Å². The average molecular weight is 276 g/mol. The number of fused-ring (bicyclic) bond motifs is 1. The first-order valence-corrected chi connectivity index (χ1v) is 4.59. The molecule has 100 valence electrons. The summed E-state index contributed by atoms with van der Waals surface area (Å²) in [6.45, 7) is 0. The zero-order valence-electron chi connectivity index (χ0n) is 8.33. The van der Waals surface area contributed by atoms with E-state index in [1.165, 1.54) is 0 Å². The lowest BCUT2D eigenvalue weighted by Gasteiger charge is -2.42. The van der Waals surface area contributed by atoms with Crippen molar-refractivity contribution < 1.29 is 35.1 Å². The first kappa shape index (κ1) is 13.1. The Balaban J connectivity index is 2.86. The summed E-state index contributed by atoms with van der Waals surface area (Å²) < 4.78 is 105. The maximum absolute atomic E-state index is 13.3. The van der Waals surface area contributed by atoms with E-state index in [4.69, 9.17) is 0 Å². The third kappa shape index (κ3) is 1.16. The topological polar surface area (TPSA) is 0 Å². The van der Waals surface area contributed by atoms with Gasteiger partial charge in [0.15, 0.2) is 0 Å². The van der Waals surface area contributed by atoms with Crippen LogP contribution in [0.3, 0.4) is 0 Å². The maximum atomic E-state index is 13.3. The van der Waals surface area contributed by atoms with Gasteiger partial charge in [-0.2, -0.15) is 35.1 Å². The fourth-order valence-electron chi connectivity index (χ4n) is 1.76. The Morgan fingerprint density at radius 3 is 1.11 bits per heavy atom. The van der Waals surface area contributed by atoms with Gasteiger partial charge in [0.1, 0.15) is 0 Å². The van der Waals surface area contributed by atoms with Gasteiger partial charge in [0.2, 0.25) is 0 Å². The van der Waals surface area contributed by atoms with Crippen LogP contribution in [-0.4, -0.2) is 11.8 Å². The zero-order valence-corrected chi connectivity index (χ0v) is 8.33. The molecule has 0 saturated heterocycles. The van der Waals surface area contributed by atoms with Gasteiger partial charge in [-0.3, -0.25) is 0 Å². The molecule has 1 aromatic carbocycles. The normalized spacial score (nSPS) is 26.4. The van der Waals surface area contributed by atoms with Gasteiger partial charge in [-0.25, -0.2) is 0 Å². The van der Waals surface area contributed by atoms with Crippen molar-refractivity contribution in [3.8, 4) is 0 Å². The molecule has 0 heterocycles. The fraction of sp³-hybridized carbons (Fsp3) is 0.400. The van der Waals surface area contributed by atoms with Crippen molar-refractivity contribution in [2.24, 2.45) is 0 Å². The maximum Gasteiger partial charge on any atom is 0.382 e. The lowest BCUT2D eigenvalue weighted by molar-refractivity contribution is -0.386. The number of hydrogen-bond acceptors (Lipinski definition) is 0. The van der Waals surface area contributed by atoms with E-state index < -0.39 is 34.8 Å². The van der Waals surface area contributed by atoms with Crippen LogP contribution in [-0.2, 0) is 11.8 Å². The molecule has 0 nitrogen and oxygen atoms in total. The Kier molecular flexibility index (Phi) is 2.30. The number of alkyl halides is 8. The van der Waals surface area contributed by atoms with Crippen LogP contribution in [0.4, 0.5) is 35.1 Å². The Morgan fingerprint density at radius 1 is 0.556 bits per heavy atom. The van der Waals surface area contributed by atoms with Crippen LogP contribution < -0.4 is 0 Å². The van der Waals surface area contributed by atoms with Crippen LogP contribution in [0.5, 0.6) is 0 Å². The molecule has 8 heteroatoms. The monoisotopic (exact) mass is 276 g/mol. The highest BCUT2D eigenvalue weighted by Gasteiger charge is 2.85. The zero-order chi connectivity index (χ0) is 14.0. The summed E-state index contributed by atoms with van der Waals surface area (Å²) >= 11 is 0. The van der Waals surface area contributed by atoms with Gasteiger partial charge >= 0.3 is 23.7 Å². The van der Waals surface area contributed by atoms with Gasteiger partial charge in [-0.1, -0.05) is 24.3 Å². The predicted molar refractivity (Wildman–Crippen MR) is 44.1 cm³/mol. The molecular weight excluding hydrogens is 272 g/mol. The summed E-state index contributed by atoms with van der Waals surface area (Å²) in [5.41, 5.74) is -3.57. The molecule has 1 aromatic rings. The fourth-order valence-corrected chi connectivity index (χ4v) is 1.76. The molecule has 18 heavy (non-hydrogen) atoms. The number of hydrogen-bond donors (Lipinski definition) is 0. The summed E-state index contributed by atoms with van der Waals surface area (Å²) in [4.78, 5) is 0. The van der Waals surface area contributed by atoms with Crippen molar-refractivity contribution in [2.45, 2.75) is 23.7 Å². The lowest BCUT2D eigenvalue weighted by atomic mass is 9.80. The molecule has 1 aliphatic carbocycles. The van der Waals surface area contributed by atoms with E-state index in [9.17, 15) is 35.1 Å². The molecule has 0 spiro atoms. The molecule has 1 aliphatic rings. The third-order valence-electron chi connectivity index (χ3n) is 2.79. The second kappa shape index (κ2) is 3.16. The first-order chi connectivity index (χ1) is 7.98. The lowest BCUT2D eigenvalue weighted by Crippen LogP contribution is -2.63. The van der Waals surface area contributed by atoms with Crippen LogP contribution >= 0.6 is 0 Å². The van der Waals surface area contributed by atoms with Crippen LogP contribution in [0.1, 0.15) is 11.1 Å². The van der Waals surface area contributed by atoms with E-state index in [1.807, 2.05) is 0 Å². The standard InChI is InChI=1S/C10H4F8/c11-7(12)5-3-1-2-4-6(5)8(13,14)10(17,18)9(7,15)16/h1-4H. The second-order valence-corrected chi connectivity index (χ2v) is 3.84. The van der Waals surface area contributed by atoms with E-state index in [-0.39, 0.29) is 12.1 Å². The number of rotatable bonds is 0. The Bertz CT molecular complexity index is 445. The molecule has 0 unspecified atom stereocenters. The number of benzene rings is 1. The van der Waals surface area contributed by atoms with Gasteiger partial charge in [0.25, 0.3) is 0 Å². The number of halogens is 8. The van der Waals surface area contributed by atoms with Crippen LogP contribution in [0.2, 0.25) is 0 Å². The largest absolute Gasteiger partial charge is 0.382 e. The third-order valence-corrected chi connectivity index (χ3v) is 2.79. The van der Waals surface area contributed by atoms with Crippen molar-refractivity contribution >= 4 is 0 Å². The summed E-state index contributed by atoms with van der Waals surface area (Å²) in [5, 5.41) is 0. The first-order valence-electron chi connectivity index (χ1n) is 4.59. The van der Waals surface area contributed by atoms with Crippen molar-refractivity contribution in [2.75, 3.05) is 0 Å². The SMILES string of the molecule is FC1(F)c2ccccc2C(F)(F)C(F)(F)C1(F)F. The predicted octanol–water partition coefficient (Wildman–Crippen LogP) is 4.15. The van der Waals surface area contributed by atoms with Crippen molar-refractivity contribution in [1.82, 2.24) is 0 Å². The van der Waals surface area contributed by atoms with E-state index in [2.05, 4.69) is 0 Å². The summed E-state index contributed by atoms with van der Waals surface area (Å²) in [6.07, 6.45) is 0. The minimum Gasteiger partial charge on any atom is -0.194 e. The Labute approximate surface area is 95.2 Å². The molecule has 0 fully saturated rings. The van der Waals surface area contributed by atoms with E-state index in [0.717, 1.165) is 12.1 Å². The van der Waals surface area contributed by atoms with E-state index in [0.29, 0.717) is 0 Å². The van der Waals surface area contributed by atoms with Gasteiger partial charge in [0.05, 0.1) is 0 Å². The molecule has 0 bridgehead atoms. The smallest absolute Gasteiger partial charge is 0.194 e. The molecule has 0 aliphatic heterocycles. The highest BCUT2D eigenvalue weighted by Crippen LogP contribution is 2.64. The highest BCUT2D eigenvalue weighted by atomic mass is 19.4. The molecule has 0 saturated carbocycles.